The Morgan fingerprint density at radius 2 is 2.15 bits per heavy atom. The quantitative estimate of drug-likeness (QED) is 0.744. The number of methoxy groups -OCH3 is 1. The Morgan fingerprint density at radius 1 is 1.30 bits per heavy atom. The summed E-state index contributed by atoms with van der Waals surface area (Å²) >= 11 is 0. The second-order valence-corrected chi connectivity index (χ2v) is 7.44. The summed E-state index contributed by atoms with van der Waals surface area (Å²) in [5.41, 5.74) is 1.79. The number of rotatable bonds is 7. The lowest BCUT2D eigenvalue weighted by molar-refractivity contribution is -0.131. The Hall–Kier alpha value is -1.99. The summed E-state index contributed by atoms with van der Waals surface area (Å²) in [6, 6.07) is 4.05. The van der Waals surface area contributed by atoms with Gasteiger partial charge in [0.1, 0.15) is 11.3 Å². The minimum absolute atomic E-state index is 0.154. The van der Waals surface area contributed by atoms with Crippen molar-refractivity contribution < 1.29 is 9.53 Å². The number of pyridine rings is 1. The van der Waals surface area contributed by atoms with Crippen molar-refractivity contribution in [1.29, 1.82) is 0 Å². The van der Waals surface area contributed by atoms with E-state index in [1.165, 1.54) is 0 Å². The lowest BCUT2D eigenvalue weighted by atomic mass is 10.2. The highest BCUT2D eigenvalue weighted by Crippen LogP contribution is 2.21. The molecule has 1 aliphatic heterocycles. The summed E-state index contributed by atoms with van der Waals surface area (Å²) < 4.78 is 7.49. The van der Waals surface area contributed by atoms with Gasteiger partial charge in [-0.2, -0.15) is 0 Å². The Bertz CT molecular complexity index is 760. The van der Waals surface area contributed by atoms with Crippen LogP contribution in [0.4, 0.5) is 0 Å². The fourth-order valence-corrected chi connectivity index (χ4v) is 3.78. The van der Waals surface area contributed by atoms with E-state index in [0.717, 1.165) is 62.4 Å². The van der Waals surface area contributed by atoms with Crippen molar-refractivity contribution >= 4 is 17.1 Å². The van der Waals surface area contributed by atoms with Gasteiger partial charge in [0.25, 0.3) is 0 Å². The molecule has 2 aromatic heterocycles. The van der Waals surface area contributed by atoms with Gasteiger partial charge < -0.3 is 19.1 Å². The predicted octanol–water partition coefficient (Wildman–Crippen LogP) is 2.13. The van der Waals surface area contributed by atoms with E-state index in [1.807, 2.05) is 17.0 Å². The molecule has 0 aromatic carbocycles. The number of imidazole rings is 1. The maximum absolute atomic E-state index is 12.6. The van der Waals surface area contributed by atoms with Crippen LogP contribution in [0.3, 0.4) is 0 Å². The molecule has 7 nitrogen and oxygen atoms in total. The number of carbonyl (C=O) groups excluding carboxylic acids is 1. The van der Waals surface area contributed by atoms with Crippen LogP contribution in [-0.2, 0) is 16.0 Å². The number of likely N-dealkylation sites (N-methyl/N-ethyl adjacent to an activating group) is 1. The predicted molar refractivity (Wildman–Crippen MR) is 106 cm³/mol. The SMILES string of the molecule is COC[C@@H](C)n1c(CCCC(=O)N2CCCN(C)CC2)nc2cccnc21. The van der Waals surface area contributed by atoms with Crippen molar-refractivity contribution in [2.24, 2.45) is 0 Å². The molecule has 0 spiro atoms. The molecule has 7 heteroatoms. The number of nitrogens with zero attached hydrogens (tertiary/aromatic N) is 5. The van der Waals surface area contributed by atoms with Gasteiger partial charge in [0.15, 0.2) is 5.65 Å². The third kappa shape index (κ3) is 4.84. The fourth-order valence-electron chi connectivity index (χ4n) is 3.78. The number of fused-ring (bicyclic) bond motifs is 1. The van der Waals surface area contributed by atoms with E-state index in [1.54, 1.807) is 13.3 Å². The van der Waals surface area contributed by atoms with Gasteiger partial charge in [-0.1, -0.05) is 0 Å². The summed E-state index contributed by atoms with van der Waals surface area (Å²) in [7, 11) is 3.83. The van der Waals surface area contributed by atoms with Crippen molar-refractivity contribution in [2.45, 2.75) is 38.6 Å². The average molecular weight is 374 g/mol. The van der Waals surface area contributed by atoms with Crippen LogP contribution in [0, 0.1) is 0 Å². The molecule has 1 aliphatic rings. The standard InChI is InChI=1S/C20H31N5O2/c1-16(15-27-3)25-18(22-17-7-5-10-21-20(17)25)8-4-9-19(26)24-12-6-11-23(2)13-14-24/h5,7,10,16H,4,6,8-9,11-15H2,1-3H3/t16-/m1/s1. The van der Waals surface area contributed by atoms with Crippen LogP contribution < -0.4 is 0 Å². The highest BCUT2D eigenvalue weighted by molar-refractivity contribution is 5.76. The van der Waals surface area contributed by atoms with E-state index >= 15 is 0 Å². The number of carbonyl (C=O) groups is 1. The lowest BCUT2D eigenvalue weighted by Gasteiger charge is -2.20. The normalized spacial score (nSPS) is 17.2. The molecule has 0 radical (unpaired) electrons. The largest absolute Gasteiger partial charge is 0.383 e. The van der Waals surface area contributed by atoms with Gasteiger partial charge in [-0.15, -0.1) is 0 Å². The van der Waals surface area contributed by atoms with E-state index in [0.29, 0.717) is 13.0 Å². The van der Waals surface area contributed by atoms with E-state index < -0.39 is 0 Å². The van der Waals surface area contributed by atoms with Crippen LogP contribution in [0.5, 0.6) is 0 Å². The molecular formula is C20H31N5O2. The Labute approximate surface area is 161 Å². The van der Waals surface area contributed by atoms with E-state index in [9.17, 15) is 4.79 Å². The molecule has 1 atom stereocenters. The maximum atomic E-state index is 12.6. The van der Waals surface area contributed by atoms with Crippen LogP contribution >= 0.6 is 0 Å². The third-order valence-corrected chi connectivity index (χ3v) is 5.23. The number of hydrogen-bond donors (Lipinski definition) is 0. The molecule has 27 heavy (non-hydrogen) atoms. The maximum Gasteiger partial charge on any atom is 0.222 e. The van der Waals surface area contributed by atoms with E-state index in [2.05, 4.69) is 28.4 Å². The summed E-state index contributed by atoms with van der Waals surface area (Å²) in [6.07, 6.45) is 4.99. The number of aryl methyl sites for hydroxylation is 1. The van der Waals surface area contributed by atoms with Crippen molar-refractivity contribution in [1.82, 2.24) is 24.3 Å². The molecule has 1 amide bonds. The van der Waals surface area contributed by atoms with Gasteiger partial charge in [0, 0.05) is 45.8 Å². The summed E-state index contributed by atoms with van der Waals surface area (Å²) in [6.45, 7) is 6.45. The molecule has 0 aliphatic carbocycles. The molecule has 1 fully saturated rings. The van der Waals surface area contributed by atoms with Gasteiger partial charge in [0.05, 0.1) is 12.6 Å². The zero-order chi connectivity index (χ0) is 19.2. The molecular weight excluding hydrogens is 342 g/mol. The van der Waals surface area contributed by atoms with E-state index in [-0.39, 0.29) is 11.9 Å². The summed E-state index contributed by atoms with van der Waals surface area (Å²) in [4.78, 5) is 26.2. The average Bonchev–Trinajstić information content (AvgIpc) is 2.88. The molecule has 0 unspecified atom stereocenters. The number of hydrogen-bond acceptors (Lipinski definition) is 5. The van der Waals surface area contributed by atoms with Gasteiger partial charge in [-0.3, -0.25) is 4.79 Å². The number of ether oxygens (including phenoxy) is 1. The first-order chi connectivity index (χ1) is 13.1. The molecule has 3 heterocycles. The first-order valence-corrected chi connectivity index (χ1v) is 9.87. The number of amides is 1. The number of aromatic nitrogens is 3. The van der Waals surface area contributed by atoms with Gasteiger partial charge in [-0.25, -0.2) is 9.97 Å². The smallest absolute Gasteiger partial charge is 0.222 e. The van der Waals surface area contributed by atoms with Crippen molar-refractivity contribution in [2.75, 3.05) is 46.9 Å². The third-order valence-electron chi connectivity index (χ3n) is 5.23. The first kappa shape index (κ1) is 19.8. The highest BCUT2D eigenvalue weighted by atomic mass is 16.5. The van der Waals surface area contributed by atoms with Crippen LogP contribution in [0.2, 0.25) is 0 Å². The van der Waals surface area contributed by atoms with Crippen molar-refractivity contribution in [3.63, 3.8) is 0 Å². The molecule has 2 aromatic rings. The lowest BCUT2D eigenvalue weighted by Crippen LogP contribution is -2.34. The first-order valence-electron chi connectivity index (χ1n) is 9.87. The van der Waals surface area contributed by atoms with Crippen LogP contribution in [0.25, 0.3) is 11.2 Å². The zero-order valence-corrected chi connectivity index (χ0v) is 16.7. The highest BCUT2D eigenvalue weighted by Gasteiger charge is 2.19. The summed E-state index contributed by atoms with van der Waals surface area (Å²) in [5.74, 6) is 1.24. The van der Waals surface area contributed by atoms with Gasteiger partial charge in [0.2, 0.25) is 5.91 Å². The Kier molecular flexibility index (Phi) is 6.79. The molecule has 148 valence electrons. The second-order valence-electron chi connectivity index (χ2n) is 7.44. The molecule has 1 saturated heterocycles. The minimum Gasteiger partial charge on any atom is -0.383 e. The summed E-state index contributed by atoms with van der Waals surface area (Å²) in [5, 5.41) is 0. The molecule has 0 N–H and O–H groups in total. The Balaban J connectivity index is 1.64. The second kappa shape index (κ2) is 9.28. The van der Waals surface area contributed by atoms with Crippen LogP contribution in [0.15, 0.2) is 18.3 Å². The monoisotopic (exact) mass is 373 g/mol. The van der Waals surface area contributed by atoms with Crippen LogP contribution in [0.1, 0.15) is 38.1 Å². The minimum atomic E-state index is 0.154. The molecule has 0 bridgehead atoms. The molecule has 3 rings (SSSR count). The van der Waals surface area contributed by atoms with E-state index in [4.69, 9.17) is 9.72 Å². The van der Waals surface area contributed by atoms with Gasteiger partial charge >= 0.3 is 0 Å². The Morgan fingerprint density at radius 3 is 2.96 bits per heavy atom. The topological polar surface area (TPSA) is 63.5 Å². The van der Waals surface area contributed by atoms with Crippen molar-refractivity contribution in [3.8, 4) is 0 Å². The van der Waals surface area contributed by atoms with Gasteiger partial charge in [-0.05, 0) is 45.5 Å². The van der Waals surface area contributed by atoms with Crippen molar-refractivity contribution in [3.05, 3.63) is 24.2 Å². The fraction of sp³-hybridized carbons (Fsp3) is 0.650. The molecule has 0 saturated carbocycles. The zero-order valence-electron chi connectivity index (χ0n) is 16.7. The van der Waals surface area contributed by atoms with Crippen LogP contribution in [-0.4, -0.2) is 77.2 Å².